The van der Waals surface area contributed by atoms with E-state index in [0.29, 0.717) is 0 Å². The van der Waals surface area contributed by atoms with Gasteiger partial charge in [-0.3, -0.25) is 4.18 Å². The molecule has 0 aliphatic carbocycles. The van der Waals surface area contributed by atoms with E-state index in [0.717, 1.165) is 60.9 Å². The minimum atomic E-state index is -0.000597. The predicted octanol–water partition coefficient (Wildman–Crippen LogP) is 5.92. The van der Waals surface area contributed by atoms with Crippen molar-refractivity contribution in [2.45, 2.75) is 32.3 Å². The van der Waals surface area contributed by atoms with Gasteiger partial charge >= 0.3 is 0 Å². The Morgan fingerprint density at radius 2 is 1.48 bits per heavy atom. The third kappa shape index (κ3) is 10.3. The lowest BCUT2D eigenvalue weighted by Crippen LogP contribution is -2.19. The Kier molecular flexibility index (Phi) is 15.5. The second-order valence-electron chi connectivity index (χ2n) is 6.82. The summed E-state index contributed by atoms with van der Waals surface area (Å²) in [6, 6.07) is 13.7. The Hall–Kier alpha value is -1.87. The lowest BCUT2D eigenvalue weighted by atomic mass is 10.0. The van der Waals surface area contributed by atoms with Crippen molar-refractivity contribution in [1.29, 1.82) is 5.26 Å². The summed E-state index contributed by atoms with van der Waals surface area (Å²) >= 11 is 2.16. The fourth-order valence-corrected chi connectivity index (χ4v) is 4.22. The van der Waals surface area contributed by atoms with E-state index in [4.69, 9.17) is 28.4 Å². The van der Waals surface area contributed by atoms with Crippen LogP contribution in [-0.2, 0) is 10.6 Å². The van der Waals surface area contributed by atoms with Gasteiger partial charge in [0.1, 0.15) is 0 Å². The molecule has 0 aliphatic heterocycles. The van der Waals surface area contributed by atoms with Gasteiger partial charge in [-0.15, -0.1) is 0 Å². The van der Waals surface area contributed by atoms with Crippen LogP contribution in [0.15, 0.2) is 36.4 Å². The standard InChI is InChI=1S/C22H30INO5S.C2H3N/c1-25-19-9-7-16(14-21(19)27-3)11-13-24-12-5-6-18(29-30-23)17-8-10-20(26-2)22(15-17)28-4;1-2-3/h7-10,14-15,18,24H,5-6,11-13H2,1-4H3;1H3. The van der Waals surface area contributed by atoms with Crippen LogP contribution in [0.5, 0.6) is 23.0 Å². The SMILES string of the molecule is CC#N.COc1ccc(CCNCCCC(OSI)c2ccc(OC)c(OC)c2)cc1OC. The maximum absolute atomic E-state index is 7.32. The molecule has 1 atom stereocenters. The summed E-state index contributed by atoms with van der Waals surface area (Å²) in [5, 5.41) is 10.8. The van der Waals surface area contributed by atoms with Gasteiger partial charge in [0.25, 0.3) is 0 Å². The van der Waals surface area contributed by atoms with E-state index in [2.05, 4.69) is 32.6 Å². The molecule has 0 fully saturated rings. The molecule has 2 aromatic carbocycles. The monoisotopic (exact) mass is 588 g/mol. The van der Waals surface area contributed by atoms with E-state index in [1.807, 2.05) is 30.3 Å². The molecule has 0 spiro atoms. The fourth-order valence-electron chi connectivity index (χ4n) is 3.17. The molecule has 0 saturated carbocycles. The van der Waals surface area contributed by atoms with Crippen molar-refractivity contribution >= 4 is 30.4 Å². The van der Waals surface area contributed by atoms with E-state index < -0.39 is 0 Å². The highest BCUT2D eigenvalue weighted by atomic mass is 127. The summed E-state index contributed by atoms with van der Waals surface area (Å²) in [4.78, 5) is 0. The highest BCUT2D eigenvalue weighted by molar-refractivity contribution is 14.2. The Bertz CT molecular complexity index is 863. The van der Waals surface area contributed by atoms with Gasteiger partial charge in [0.2, 0.25) is 0 Å². The van der Waals surface area contributed by atoms with Crippen molar-refractivity contribution in [1.82, 2.24) is 5.32 Å². The summed E-state index contributed by atoms with van der Waals surface area (Å²) < 4.78 is 27.3. The van der Waals surface area contributed by atoms with Gasteiger partial charge < -0.3 is 24.3 Å². The van der Waals surface area contributed by atoms with Crippen molar-refractivity contribution in [2.24, 2.45) is 0 Å². The molecular weight excluding hydrogens is 555 g/mol. The number of nitriles is 1. The summed E-state index contributed by atoms with van der Waals surface area (Å²) in [6.07, 6.45) is 2.84. The first-order chi connectivity index (χ1) is 16.1. The zero-order chi connectivity index (χ0) is 24.5. The summed E-state index contributed by atoms with van der Waals surface area (Å²) in [6.45, 7) is 3.25. The van der Waals surface area contributed by atoms with Crippen LogP contribution in [0.3, 0.4) is 0 Å². The first kappa shape index (κ1) is 29.2. The lowest BCUT2D eigenvalue weighted by Gasteiger charge is -2.18. The van der Waals surface area contributed by atoms with E-state index in [1.54, 1.807) is 34.5 Å². The van der Waals surface area contributed by atoms with E-state index in [1.165, 1.54) is 21.7 Å². The van der Waals surface area contributed by atoms with Crippen LogP contribution in [0.25, 0.3) is 0 Å². The molecule has 0 amide bonds. The van der Waals surface area contributed by atoms with Gasteiger partial charge in [0.05, 0.1) is 49.8 Å². The van der Waals surface area contributed by atoms with Gasteiger partial charge in [0.15, 0.2) is 23.0 Å². The van der Waals surface area contributed by atoms with Gasteiger partial charge in [-0.05, 0) is 67.7 Å². The highest BCUT2D eigenvalue weighted by Crippen LogP contribution is 2.35. The van der Waals surface area contributed by atoms with Crippen molar-refractivity contribution in [3.05, 3.63) is 47.5 Å². The first-order valence-corrected chi connectivity index (χ1v) is 13.7. The summed E-state index contributed by atoms with van der Waals surface area (Å²) in [5.41, 5.74) is 2.30. The van der Waals surface area contributed by atoms with Gasteiger partial charge in [-0.1, -0.05) is 12.1 Å². The third-order valence-electron chi connectivity index (χ3n) is 4.79. The zero-order valence-corrected chi connectivity index (χ0v) is 22.8. The maximum atomic E-state index is 7.32. The smallest absolute Gasteiger partial charge is 0.161 e. The molecule has 0 saturated heterocycles. The number of nitrogens with one attached hydrogen (secondary N) is 1. The number of nitrogens with zero attached hydrogens (tertiary/aromatic N) is 1. The van der Waals surface area contributed by atoms with Crippen molar-refractivity contribution in [3.8, 4) is 29.1 Å². The normalized spacial score (nSPS) is 10.9. The topological polar surface area (TPSA) is 82.0 Å². The molecule has 0 aromatic heterocycles. The van der Waals surface area contributed by atoms with Gasteiger partial charge in [-0.2, -0.15) is 5.26 Å². The molecule has 0 aliphatic rings. The molecule has 1 unspecified atom stereocenters. The van der Waals surface area contributed by atoms with E-state index >= 15 is 0 Å². The van der Waals surface area contributed by atoms with Gasteiger partial charge in [0, 0.05) is 28.1 Å². The van der Waals surface area contributed by atoms with Crippen molar-refractivity contribution in [2.75, 3.05) is 41.5 Å². The van der Waals surface area contributed by atoms with Crippen LogP contribution in [0.1, 0.15) is 37.0 Å². The molecule has 0 heterocycles. The molecule has 2 rings (SSSR count). The molecule has 1 N–H and O–H groups in total. The second kappa shape index (κ2) is 17.6. The number of hydrogen-bond acceptors (Lipinski definition) is 8. The zero-order valence-electron chi connectivity index (χ0n) is 19.9. The number of ether oxygens (including phenoxy) is 4. The second-order valence-corrected chi connectivity index (χ2v) is 8.21. The Labute approximate surface area is 213 Å². The molecule has 182 valence electrons. The Balaban J connectivity index is 0.00000172. The lowest BCUT2D eigenvalue weighted by molar-refractivity contribution is 0.233. The number of halogens is 1. The Morgan fingerprint density at radius 1 is 0.909 bits per heavy atom. The largest absolute Gasteiger partial charge is 0.493 e. The quantitative estimate of drug-likeness (QED) is 0.166. The molecule has 2 aromatic rings. The van der Waals surface area contributed by atoms with Gasteiger partial charge in [-0.25, -0.2) is 0 Å². The number of hydrogen-bond donors (Lipinski definition) is 1. The van der Waals surface area contributed by atoms with Crippen molar-refractivity contribution < 1.29 is 23.1 Å². The van der Waals surface area contributed by atoms with Crippen LogP contribution in [0, 0.1) is 11.3 Å². The predicted molar refractivity (Wildman–Crippen MR) is 142 cm³/mol. The van der Waals surface area contributed by atoms with Crippen LogP contribution in [-0.4, -0.2) is 41.5 Å². The molecule has 0 radical (unpaired) electrons. The Morgan fingerprint density at radius 3 is 2.06 bits per heavy atom. The number of benzene rings is 2. The van der Waals surface area contributed by atoms with E-state index in [-0.39, 0.29) is 6.10 Å². The average Bonchev–Trinajstić information content (AvgIpc) is 2.85. The fraction of sp³-hybridized carbons (Fsp3) is 0.458. The minimum absolute atomic E-state index is 0.000597. The summed E-state index contributed by atoms with van der Waals surface area (Å²) in [5.74, 6) is 2.96. The molecule has 0 bridgehead atoms. The van der Waals surface area contributed by atoms with Crippen LogP contribution >= 0.6 is 30.4 Å². The first-order valence-electron chi connectivity index (χ1n) is 10.5. The highest BCUT2D eigenvalue weighted by Gasteiger charge is 2.15. The van der Waals surface area contributed by atoms with Crippen LogP contribution in [0.2, 0.25) is 0 Å². The molecule has 9 heteroatoms. The summed E-state index contributed by atoms with van der Waals surface area (Å²) in [7, 11) is 7.94. The molecule has 33 heavy (non-hydrogen) atoms. The maximum Gasteiger partial charge on any atom is 0.161 e. The van der Waals surface area contributed by atoms with Crippen molar-refractivity contribution in [3.63, 3.8) is 0 Å². The average molecular weight is 589 g/mol. The number of methoxy groups -OCH3 is 4. The molecular formula is C24H33IN2O5S. The molecule has 7 nitrogen and oxygen atoms in total. The third-order valence-corrected chi connectivity index (χ3v) is 5.72. The minimum Gasteiger partial charge on any atom is -0.493 e. The van der Waals surface area contributed by atoms with Crippen LogP contribution in [0.4, 0.5) is 0 Å². The number of rotatable bonds is 14. The van der Waals surface area contributed by atoms with E-state index in [9.17, 15) is 0 Å². The van der Waals surface area contributed by atoms with Crippen LogP contribution < -0.4 is 24.3 Å².